The number of hydrogen-bond donors (Lipinski definition) is 2. The third kappa shape index (κ3) is 3.33. The minimum atomic E-state index is -1.04. The maximum Gasteiger partial charge on any atom is 0.341 e. The summed E-state index contributed by atoms with van der Waals surface area (Å²) in [5.41, 5.74) is -0.994. The molecule has 0 bridgehead atoms. The van der Waals surface area contributed by atoms with Crippen LogP contribution in [-0.2, 0) is 11.4 Å². The van der Waals surface area contributed by atoms with Crippen LogP contribution in [0.1, 0.15) is 15.9 Å². The number of benzene rings is 1. The molecule has 0 atom stereocenters. The van der Waals surface area contributed by atoms with E-state index >= 15 is 0 Å². The Morgan fingerprint density at radius 2 is 2.14 bits per heavy atom. The van der Waals surface area contributed by atoms with Crippen molar-refractivity contribution in [1.29, 1.82) is 0 Å². The largest absolute Gasteiger partial charge is 0.465 e. The average molecular weight is 373 g/mol. The van der Waals surface area contributed by atoms with Gasteiger partial charge < -0.3 is 15.0 Å². The van der Waals surface area contributed by atoms with Crippen LogP contribution in [-0.4, -0.2) is 18.1 Å². The molecule has 0 saturated carbocycles. The Labute approximate surface area is 132 Å². The number of nitrogens with one attached hydrogen (secondary N) is 2. The van der Waals surface area contributed by atoms with Gasteiger partial charge in [0.15, 0.2) is 0 Å². The highest BCUT2D eigenvalue weighted by Gasteiger charge is 2.17. The molecule has 22 heavy (non-hydrogen) atoms. The highest BCUT2D eigenvalue weighted by molar-refractivity contribution is 9.10. The number of H-pyrrole nitrogens is 1. The lowest BCUT2D eigenvalue weighted by atomic mass is 10.2. The number of carbonyl (C=O) groups excluding carboxylic acids is 1. The van der Waals surface area contributed by atoms with Gasteiger partial charge in [0.1, 0.15) is 23.9 Å². The van der Waals surface area contributed by atoms with E-state index in [1.807, 2.05) is 0 Å². The van der Waals surface area contributed by atoms with Gasteiger partial charge in [-0.2, -0.15) is 0 Å². The standard InChI is InChI=1S/C14H11BrF2N2O3/c1-22-14(21)9-4-7(6-16)13(20)19-12(9)18-11-3-2-8(15)5-10(11)17/h2-5H,6H2,1H3,(H2,18,19,20). The highest BCUT2D eigenvalue weighted by atomic mass is 79.9. The van der Waals surface area contributed by atoms with Crippen molar-refractivity contribution in [3.8, 4) is 0 Å². The van der Waals surface area contributed by atoms with Crippen LogP contribution in [0.25, 0.3) is 0 Å². The fraction of sp³-hybridized carbons (Fsp3) is 0.143. The SMILES string of the molecule is COC(=O)c1cc(CF)c(=O)[nH]c1Nc1ccc(Br)cc1F. The van der Waals surface area contributed by atoms with Crippen LogP contribution in [0.5, 0.6) is 0 Å². The second-order valence-corrected chi connectivity index (χ2v) is 5.20. The maximum absolute atomic E-state index is 13.8. The lowest BCUT2D eigenvalue weighted by molar-refractivity contribution is 0.0601. The number of pyridine rings is 1. The monoisotopic (exact) mass is 372 g/mol. The van der Waals surface area contributed by atoms with E-state index in [9.17, 15) is 18.4 Å². The number of rotatable bonds is 4. The molecule has 0 aliphatic rings. The van der Waals surface area contributed by atoms with Gasteiger partial charge >= 0.3 is 5.97 Å². The van der Waals surface area contributed by atoms with Crippen molar-refractivity contribution < 1.29 is 18.3 Å². The molecule has 0 radical (unpaired) electrons. The summed E-state index contributed by atoms with van der Waals surface area (Å²) in [6, 6.07) is 5.29. The molecular weight excluding hydrogens is 362 g/mol. The molecule has 0 unspecified atom stereocenters. The number of aromatic nitrogens is 1. The molecule has 0 spiro atoms. The van der Waals surface area contributed by atoms with Crippen molar-refractivity contribution in [2.45, 2.75) is 6.67 Å². The Hall–Kier alpha value is -2.22. The molecule has 0 fully saturated rings. The predicted molar refractivity (Wildman–Crippen MR) is 80.6 cm³/mol. The Morgan fingerprint density at radius 1 is 1.41 bits per heavy atom. The quantitative estimate of drug-likeness (QED) is 0.808. The van der Waals surface area contributed by atoms with Crippen LogP contribution in [0.15, 0.2) is 33.5 Å². The molecule has 2 N–H and O–H groups in total. The normalized spacial score (nSPS) is 10.4. The van der Waals surface area contributed by atoms with Gasteiger partial charge in [0.2, 0.25) is 0 Å². The maximum atomic E-state index is 13.8. The lowest BCUT2D eigenvalue weighted by Crippen LogP contribution is -2.18. The summed E-state index contributed by atoms with van der Waals surface area (Å²) in [5, 5.41) is 2.60. The van der Waals surface area contributed by atoms with Gasteiger partial charge in [-0.1, -0.05) is 15.9 Å². The molecule has 5 nitrogen and oxygen atoms in total. The minimum Gasteiger partial charge on any atom is -0.465 e. The first-order chi connectivity index (χ1) is 10.5. The molecule has 2 rings (SSSR count). The lowest BCUT2D eigenvalue weighted by Gasteiger charge is -2.12. The first kappa shape index (κ1) is 16.2. The van der Waals surface area contributed by atoms with E-state index in [-0.39, 0.29) is 22.6 Å². The fourth-order valence-corrected chi connectivity index (χ4v) is 2.10. The van der Waals surface area contributed by atoms with Gasteiger partial charge in [0, 0.05) is 10.0 Å². The molecule has 116 valence electrons. The Kier molecular flexibility index (Phi) is 4.92. The Bertz CT molecular complexity index is 777. The second-order valence-electron chi connectivity index (χ2n) is 4.29. The number of halogens is 3. The van der Waals surface area contributed by atoms with Gasteiger partial charge in [-0.15, -0.1) is 0 Å². The summed E-state index contributed by atoms with van der Waals surface area (Å²) in [6.07, 6.45) is 0. The van der Waals surface area contributed by atoms with Crippen LogP contribution in [0.4, 0.5) is 20.3 Å². The topological polar surface area (TPSA) is 71.2 Å². The van der Waals surface area contributed by atoms with Crippen LogP contribution in [0, 0.1) is 5.82 Å². The molecule has 0 aliphatic carbocycles. The molecule has 2 aromatic rings. The molecule has 0 aliphatic heterocycles. The van der Waals surface area contributed by atoms with Crippen molar-refractivity contribution in [1.82, 2.24) is 4.98 Å². The third-order valence-corrected chi connectivity index (χ3v) is 3.35. The summed E-state index contributed by atoms with van der Waals surface area (Å²) in [5.74, 6) is -1.46. The number of aromatic amines is 1. The van der Waals surface area contributed by atoms with Crippen LogP contribution in [0.3, 0.4) is 0 Å². The van der Waals surface area contributed by atoms with E-state index in [0.717, 1.165) is 13.2 Å². The van der Waals surface area contributed by atoms with Crippen LogP contribution in [0.2, 0.25) is 0 Å². The van der Waals surface area contributed by atoms with E-state index in [0.29, 0.717) is 4.47 Å². The van der Waals surface area contributed by atoms with Crippen molar-refractivity contribution in [2.24, 2.45) is 0 Å². The highest BCUT2D eigenvalue weighted by Crippen LogP contribution is 2.24. The van der Waals surface area contributed by atoms with Gasteiger partial charge in [-0.25, -0.2) is 13.6 Å². The van der Waals surface area contributed by atoms with E-state index in [4.69, 9.17) is 0 Å². The Morgan fingerprint density at radius 3 is 2.73 bits per heavy atom. The van der Waals surface area contributed by atoms with E-state index in [2.05, 4.69) is 31.0 Å². The number of alkyl halides is 1. The molecule has 8 heteroatoms. The van der Waals surface area contributed by atoms with Crippen molar-refractivity contribution in [3.63, 3.8) is 0 Å². The van der Waals surface area contributed by atoms with Crippen LogP contribution < -0.4 is 10.9 Å². The predicted octanol–water partition coefficient (Wildman–Crippen LogP) is 3.28. The van der Waals surface area contributed by atoms with Gasteiger partial charge in [-0.3, -0.25) is 4.79 Å². The summed E-state index contributed by atoms with van der Waals surface area (Å²) >= 11 is 3.12. The van der Waals surface area contributed by atoms with Crippen molar-refractivity contribution in [2.75, 3.05) is 12.4 Å². The summed E-state index contributed by atoms with van der Waals surface area (Å²) in [6.45, 7) is -1.04. The Balaban J connectivity index is 2.51. The van der Waals surface area contributed by atoms with E-state index < -0.39 is 24.0 Å². The smallest absolute Gasteiger partial charge is 0.341 e. The number of ether oxygens (including phenoxy) is 1. The fourth-order valence-electron chi connectivity index (χ4n) is 1.77. The van der Waals surface area contributed by atoms with Crippen LogP contribution >= 0.6 is 15.9 Å². The zero-order chi connectivity index (χ0) is 16.3. The number of esters is 1. The van der Waals surface area contributed by atoms with Gasteiger partial charge in [-0.05, 0) is 24.3 Å². The molecular formula is C14H11BrF2N2O3. The van der Waals surface area contributed by atoms with E-state index in [1.165, 1.54) is 12.1 Å². The second kappa shape index (κ2) is 6.69. The van der Waals surface area contributed by atoms with E-state index in [1.54, 1.807) is 6.07 Å². The summed E-state index contributed by atoms with van der Waals surface area (Å²) < 4.78 is 31.7. The molecule has 1 heterocycles. The molecule has 0 saturated heterocycles. The van der Waals surface area contributed by atoms with Gasteiger partial charge in [0.25, 0.3) is 5.56 Å². The van der Waals surface area contributed by atoms with Gasteiger partial charge in [0.05, 0.1) is 12.8 Å². The number of hydrogen-bond acceptors (Lipinski definition) is 4. The number of anilines is 2. The first-order valence-electron chi connectivity index (χ1n) is 6.08. The van der Waals surface area contributed by atoms with Crippen molar-refractivity contribution >= 4 is 33.4 Å². The number of carbonyl (C=O) groups is 1. The molecule has 1 aromatic heterocycles. The zero-order valence-electron chi connectivity index (χ0n) is 11.4. The molecule has 0 amide bonds. The molecule has 1 aromatic carbocycles. The summed E-state index contributed by atoms with van der Waals surface area (Å²) in [4.78, 5) is 25.7. The first-order valence-corrected chi connectivity index (χ1v) is 6.88. The number of methoxy groups -OCH3 is 1. The van der Waals surface area contributed by atoms with Crippen molar-refractivity contribution in [3.05, 3.63) is 56.0 Å². The third-order valence-electron chi connectivity index (χ3n) is 2.86. The summed E-state index contributed by atoms with van der Waals surface area (Å²) in [7, 11) is 1.15. The average Bonchev–Trinajstić information content (AvgIpc) is 2.49. The zero-order valence-corrected chi connectivity index (χ0v) is 13.0. The minimum absolute atomic E-state index is 0.0389.